The lowest BCUT2D eigenvalue weighted by atomic mass is 10.0. The Kier molecular flexibility index (Phi) is 2.08. The Hall–Kier alpha value is -2.36. The highest BCUT2D eigenvalue weighted by molar-refractivity contribution is 5.95. The van der Waals surface area contributed by atoms with Crippen LogP contribution in [0.1, 0.15) is 5.56 Å². The molecule has 0 atom stereocenters. The van der Waals surface area contributed by atoms with Crippen LogP contribution in [-0.4, -0.2) is 15.0 Å². The van der Waals surface area contributed by atoms with Crippen molar-refractivity contribution in [3.05, 3.63) is 42.4 Å². The third-order valence-corrected chi connectivity index (χ3v) is 2.97. The van der Waals surface area contributed by atoms with Gasteiger partial charge in [0.15, 0.2) is 0 Å². The molecule has 0 bridgehead atoms. The number of aromatic amines is 1. The molecule has 17 heavy (non-hydrogen) atoms. The van der Waals surface area contributed by atoms with Gasteiger partial charge in [-0.1, -0.05) is 12.1 Å². The molecule has 0 amide bonds. The monoisotopic (exact) mass is 224 g/mol. The molecule has 0 saturated heterocycles. The van der Waals surface area contributed by atoms with Gasteiger partial charge in [0.05, 0.1) is 5.69 Å². The highest BCUT2D eigenvalue weighted by Gasteiger charge is 2.10. The maximum atomic E-state index is 5.82. The van der Waals surface area contributed by atoms with E-state index < -0.39 is 0 Å². The molecule has 4 nitrogen and oxygen atoms in total. The molecule has 2 aromatic heterocycles. The molecule has 3 rings (SSSR count). The fourth-order valence-corrected chi connectivity index (χ4v) is 2.03. The maximum Gasteiger partial charge on any atom is 0.130 e. The Morgan fingerprint density at radius 2 is 2.06 bits per heavy atom. The van der Waals surface area contributed by atoms with Crippen LogP contribution in [0, 0.1) is 6.92 Å². The summed E-state index contributed by atoms with van der Waals surface area (Å²) < 4.78 is 0. The van der Waals surface area contributed by atoms with Crippen LogP contribution in [0.4, 0.5) is 5.82 Å². The Labute approximate surface area is 98.5 Å². The van der Waals surface area contributed by atoms with Gasteiger partial charge in [0.1, 0.15) is 12.1 Å². The summed E-state index contributed by atoms with van der Waals surface area (Å²) >= 11 is 0. The third kappa shape index (κ3) is 1.45. The molecule has 3 aromatic rings. The average Bonchev–Trinajstić information content (AvgIpc) is 2.81. The molecule has 0 fully saturated rings. The van der Waals surface area contributed by atoms with Gasteiger partial charge in [0.2, 0.25) is 0 Å². The van der Waals surface area contributed by atoms with Crippen molar-refractivity contribution >= 4 is 16.7 Å². The van der Waals surface area contributed by atoms with E-state index >= 15 is 0 Å². The van der Waals surface area contributed by atoms with Crippen LogP contribution in [0.2, 0.25) is 0 Å². The SMILES string of the molecule is Cc1c(N)ncnc1-c1cccc2[nH]ccc12. The van der Waals surface area contributed by atoms with Gasteiger partial charge in [-0.25, -0.2) is 9.97 Å². The van der Waals surface area contributed by atoms with Crippen LogP contribution in [0.5, 0.6) is 0 Å². The number of nitrogens with zero attached hydrogens (tertiary/aromatic N) is 2. The van der Waals surface area contributed by atoms with Crippen molar-refractivity contribution in [2.75, 3.05) is 5.73 Å². The van der Waals surface area contributed by atoms with Crippen LogP contribution in [0.25, 0.3) is 22.2 Å². The van der Waals surface area contributed by atoms with E-state index in [-0.39, 0.29) is 0 Å². The first-order chi connectivity index (χ1) is 8.27. The van der Waals surface area contributed by atoms with E-state index in [4.69, 9.17) is 5.73 Å². The zero-order valence-corrected chi connectivity index (χ0v) is 9.44. The molecule has 0 unspecified atom stereocenters. The van der Waals surface area contributed by atoms with Gasteiger partial charge in [-0.15, -0.1) is 0 Å². The molecule has 1 aromatic carbocycles. The molecule has 3 N–H and O–H groups in total. The van der Waals surface area contributed by atoms with E-state index in [1.54, 1.807) is 0 Å². The largest absolute Gasteiger partial charge is 0.383 e. The number of hydrogen-bond acceptors (Lipinski definition) is 3. The van der Waals surface area contributed by atoms with Crippen molar-refractivity contribution in [2.45, 2.75) is 6.92 Å². The number of benzene rings is 1. The summed E-state index contributed by atoms with van der Waals surface area (Å²) in [5.74, 6) is 0.530. The third-order valence-electron chi connectivity index (χ3n) is 2.97. The van der Waals surface area contributed by atoms with Crippen LogP contribution in [0.3, 0.4) is 0 Å². The number of H-pyrrole nitrogens is 1. The first-order valence-electron chi connectivity index (χ1n) is 5.41. The molecule has 84 valence electrons. The minimum atomic E-state index is 0.530. The number of aromatic nitrogens is 3. The average molecular weight is 224 g/mol. The molecule has 0 spiro atoms. The van der Waals surface area contributed by atoms with Crippen molar-refractivity contribution in [3.63, 3.8) is 0 Å². The number of fused-ring (bicyclic) bond motifs is 1. The lowest BCUT2D eigenvalue weighted by Gasteiger charge is -2.07. The van der Waals surface area contributed by atoms with Gasteiger partial charge < -0.3 is 10.7 Å². The van der Waals surface area contributed by atoms with Crippen molar-refractivity contribution in [1.29, 1.82) is 0 Å². The Balaban J connectivity index is 2.34. The van der Waals surface area contributed by atoms with E-state index in [2.05, 4.69) is 15.0 Å². The van der Waals surface area contributed by atoms with Crippen molar-refractivity contribution in [3.8, 4) is 11.3 Å². The number of rotatable bonds is 1. The molecule has 2 heterocycles. The number of hydrogen-bond donors (Lipinski definition) is 2. The molecular weight excluding hydrogens is 212 g/mol. The molecule has 0 aliphatic heterocycles. The Morgan fingerprint density at radius 3 is 2.94 bits per heavy atom. The quantitative estimate of drug-likeness (QED) is 0.667. The topological polar surface area (TPSA) is 67.6 Å². The fraction of sp³-hybridized carbons (Fsp3) is 0.0769. The molecular formula is C13H12N4. The van der Waals surface area contributed by atoms with Gasteiger partial charge in [-0.2, -0.15) is 0 Å². The second-order valence-corrected chi connectivity index (χ2v) is 3.98. The first kappa shape index (κ1) is 9.84. The zero-order chi connectivity index (χ0) is 11.8. The first-order valence-corrected chi connectivity index (χ1v) is 5.41. The lowest BCUT2D eigenvalue weighted by molar-refractivity contribution is 1.15. The predicted molar refractivity (Wildman–Crippen MR) is 68.5 cm³/mol. The minimum absolute atomic E-state index is 0.530. The van der Waals surface area contributed by atoms with E-state index in [0.29, 0.717) is 5.82 Å². The Morgan fingerprint density at radius 1 is 1.18 bits per heavy atom. The summed E-state index contributed by atoms with van der Waals surface area (Å²) in [5, 5.41) is 1.15. The summed E-state index contributed by atoms with van der Waals surface area (Å²) in [4.78, 5) is 11.5. The van der Waals surface area contributed by atoms with E-state index in [1.165, 1.54) is 6.33 Å². The van der Waals surface area contributed by atoms with Crippen LogP contribution >= 0.6 is 0 Å². The van der Waals surface area contributed by atoms with E-state index in [0.717, 1.165) is 27.7 Å². The van der Waals surface area contributed by atoms with Gasteiger partial charge in [-0.05, 0) is 19.1 Å². The predicted octanol–water partition coefficient (Wildman–Crippen LogP) is 2.52. The molecule has 4 heteroatoms. The number of nitrogens with two attached hydrogens (primary N) is 1. The van der Waals surface area contributed by atoms with Crippen LogP contribution in [0.15, 0.2) is 36.8 Å². The summed E-state index contributed by atoms with van der Waals surface area (Å²) in [6.45, 7) is 1.94. The minimum Gasteiger partial charge on any atom is -0.383 e. The molecule has 0 radical (unpaired) electrons. The van der Waals surface area contributed by atoms with Crippen molar-refractivity contribution in [2.24, 2.45) is 0 Å². The van der Waals surface area contributed by atoms with E-state index in [9.17, 15) is 0 Å². The molecule has 0 saturated carbocycles. The van der Waals surface area contributed by atoms with Crippen LogP contribution in [-0.2, 0) is 0 Å². The summed E-state index contributed by atoms with van der Waals surface area (Å²) in [5.41, 5.74) is 9.80. The normalized spacial score (nSPS) is 10.9. The zero-order valence-electron chi connectivity index (χ0n) is 9.44. The smallest absolute Gasteiger partial charge is 0.130 e. The number of nitrogens with one attached hydrogen (secondary N) is 1. The maximum absolute atomic E-state index is 5.82. The lowest BCUT2D eigenvalue weighted by Crippen LogP contribution is -1.98. The highest BCUT2D eigenvalue weighted by atomic mass is 14.9. The highest BCUT2D eigenvalue weighted by Crippen LogP contribution is 2.29. The fourth-order valence-electron chi connectivity index (χ4n) is 2.03. The summed E-state index contributed by atoms with van der Waals surface area (Å²) in [6, 6.07) is 8.14. The standard InChI is InChI=1S/C13H12N4/c1-8-12(16-7-17-13(8)14)10-3-2-4-11-9(10)5-6-15-11/h2-7,15H,1H3,(H2,14,16,17). The van der Waals surface area contributed by atoms with E-state index in [1.807, 2.05) is 37.4 Å². The molecule has 0 aliphatic rings. The van der Waals surface area contributed by atoms with Crippen molar-refractivity contribution < 1.29 is 0 Å². The second kappa shape index (κ2) is 3.59. The Bertz CT molecular complexity index is 685. The second-order valence-electron chi connectivity index (χ2n) is 3.98. The summed E-state index contributed by atoms with van der Waals surface area (Å²) in [7, 11) is 0. The van der Waals surface area contributed by atoms with Gasteiger partial charge in [-0.3, -0.25) is 0 Å². The van der Waals surface area contributed by atoms with Gasteiger partial charge in [0.25, 0.3) is 0 Å². The summed E-state index contributed by atoms with van der Waals surface area (Å²) in [6.07, 6.45) is 3.43. The van der Waals surface area contributed by atoms with Gasteiger partial charge in [0, 0.05) is 28.2 Å². The number of nitrogen functional groups attached to an aromatic ring is 1. The number of anilines is 1. The molecule has 0 aliphatic carbocycles. The van der Waals surface area contributed by atoms with Gasteiger partial charge >= 0.3 is 0 Å². The van der Waals surface area contributed by atoms with Crippen molar-refractivity contribution in [1.82, 2.24) is 15.0 Å². The van der Waals surface area contributed by atoms with Crippen LogP contribution < -0.4 is 5.73 Å².